The number of nitrogens with zero attached hydrogens (tertiary/aromatic N) is 1. The fourth-order valence-corrected chi connectivity index (χ4v) is 4.85. The molecule has 0 bridgehead atoms. The maximum Gasteiger partial charge on any atom is 0.228 e. The monoisotopic (exact) mass is 499 g/mol. The smallest absolute Gasteiger partial charge is 0.228 e. The quantitative estimate of drug-likeness (QED) is 0.249. The summed E-state index contributed by atoms with van der Waals surface area (Å²) in [6, 6.07) is 32.9. The van der Waals surface area contributed by atoms with Crippen LogP contribution in [0, 0.1) is 0 Å². The number of aliphatic imine (C=N–C) groups is 1. The number of anilines is 2. The molecule has 4 aromatic rings. The van der Waals surface area contributed by atoms with Crippen LogP contribution >= 0.6 is 0 Å². The van der Waals surface area contributed by atoms with Gasteiger partial charge in [-0.2, -0.15) is 0 Å². The lowest BCUT2D eigenvalue weighted by molar-refractivity contribution is -0.115. The van der Waals surface area contributed by atoms with E-state index in [4.69, 9.17) is 10.7 Å². The third kappa shape index (κ3) is 5.60. The Labute approximate surface area is 225 Å². The van der Waals surface area contributed by atoms with E-state index in [2.05, 4.69) is 67.7 Å². The van der Waals surface area contributed by atoms with E-state index in [1.165, 1.54) is 11.1 Å². The van der Waals surface area contributed by atoms with E-state index in [-0.39, 0.29) is 5.91 Å². The van der Waals surface area contributed by atoms with Gasteiger partial charge in [-0.25, -0.2) is 0 Å². The van der Waals surface area contributed by atoms with Gasteiger partial charge in [0.25, 0.3) is 0 Å². The number of benzene rings is 4. The Morgan fingerprint density at radius 1 is 0.711 bits per heavy atom. The van der Waals surface area contributed by atoms with Crippen molar-refractivity contribution in [3.8, 4) is 11.1 Å². The average molecular weight is 500 g/mol. The van der Waals surface area contributed by atoms with Crippen LogP contribution in [0.5, 0.6) is 0 Å². The highest BCUT2D eigenvalue weighted by Crippen LogP contribution is 2.32. The molecular formula is C34H33N3O. The van der Waals surface area contributed by atoms with Crippen LogP contribution in [0.25, 0.3) is 16.7 Å². The second kappa shape index (κ2) is 11.3. The molecule has 0 saturated carbocycles. The molecule has 38 heavy (non-hydrogen) atoms. The van der Waals surface area contributed by atoms with Gasteiger partial charge in [0.15, 0.2) is 0 Å². The number of nitrogens with one attached hydrogen (secondary N) is 1. The molecule has 190 valence electrons. The number of carbonyl (C=O) groups excluding carboxylic acids is 1. The molecule has 0 radical (unpaired) electrons. The number of hydrogen-bond donors (Lipinski definition) is 2. The third-order valence-electron chi connectivity index (χ3n) is 7.09. The summed E-state index contributed by atoms with van der Waals surface area (Å²) in [6.07, 6.45) is 2.29. The molecule has 4 heteroatoms. The first-order chi connectivity index (χ1) is 18.5. The van der Waals surface area contributed by atoms with Crippen LogP contribution in [0.1, 0.15) is 42.5 Å². The van der Waals surface area contributed by atoms with Gasteiger partial charge in [0.05, 0.1) is 18.7 Å². The van der Waals surface area contributed by atoms with Crippen molar-refractivity contribution in [3.05, 3.63) is 125 Å². The van der Waals surface area contributed by atoms with E-state index >= 15 is 0 Å². The minimum atomic E-state index is -0.0410. The lowest BCUT2D eigenvalue weighted by Crippen LogP contribution is -2.13. The first-order valence-electron chi connectivity index (χ1n) is 13.3. The topological polar surface area (TPSA) is 67.5 Å². The number of amides is 1. The summed E-state index contributed by atoms with van der Waals surface area (Å²) in [5.41, 5.74) is 17.3. The summed E-state index contributed by atoms with van der Waals surface area (Å²) in [7, 11) is 0. The largest absolute Gasteiger partial charge is 0.399 e. The number of carbonyl (C=O) groups is 1. The summed E-state index contributed by atoms with van der Waals surface area (Å²) >= 11 is 0. The summed E-state index contributed by atoms with van der Waals surface area (Å²) in [5.74, 6) is -0.0410. The molecule has 0 aliphatic carbocycles. The Balaban J connectivity index is 1.37. The molecular weight excluding hydrogens is 466 g/mol. The summed E-state index contributed by atoms with van der Waals surface area (Å²) in [6.45, 7) is 4.84. The highest BCUT2D eigenvalue weighted by Gasteiger charge is 2.24. The molecule has 4 aromatic carbocycles. The number of rotatable bonds is 8. The molecule has 0 unspecified atom stereocenters. The van der Waals surface area contributed by atoms with Crippen LogP contribution in [0.3, 0.4) is 0 Å². The van der Waals surface area contributed by atoms with Crippen molar-refractivity contribution in [1.82, 2.24) is 0 Å². The minimum absolute atomic E-state index is 0.0410. The molecule has 0 spiro atoms. The van der Waals surface area contributed by atoms with E-state index < -0.39 is 0 Å². The zero-order valence-electron chi connectivity index (χ0n) is 22.0. The van der Waals surface area contributed by atoms with Crippen molar-refractivity contribution in [1.29, 1.82) is 0 Å². The Morgan fingerprint density at radius 2 is 1.21 bits per heavy atom. The number of nitrogen functional groups attached to an aromatic ring is 1. The van der Waals surface area contributed by atoms with Crippen molar-refractivity contribution in [3.63, 3.8) is 0 Å². The molecule has 1 amide bonds. The summed E-state index contributed by atoms with van der Waals surface area (Å²) < 4.78 is 0. The zero-order valence-corrected chi connectivity index (χ0v) is 22.0. The zero-order chi connectivity index (χ0) is 26.5. The lowest BCUT2D eigenvalue weighted by Gasteiger charge is -2.13. The normalized spacial score (nSPS) is 12.9. The molecule has 0 atom stereocenters. The van der Waals surface area contributed by atoms with E-state index in [0.717, 1.165) is 63.3 Å². The Morgan fingerprint density at radius 3 is 1.76 bits per heavy atom. The number of allylic oxidation sites excluding steroid dienone is 1. The Bertz CT molecular complexity index is 1480. The van der Waals surface area contributed by atoms with Gasteiger partial charge >= 0.3 is 0 Å². The van der Waals surface area contributed by atoms with E-state index in [0.29, 0.717) is 13.0 Å². The van der Waals surface area contributed by atoms with Gasteiger partial charge in [-0.05, 0) is 70.5 Å². The fourth-order valence-electron chi connectivity index (χ4n) is 4.85. The van der Waals surface area contributed by atoms with Gasteiger partial charge in [0.2, 0.25) is 5.91 Å². The molecule has 1 aliphatic heterocycles. The lowest BCUT2D eigenvalue weighted by atomic mass is 9.91. The van der Waals surface area contributed by atoms with Crippen LogP contribution in [0.15, 0.2) is 108 Å². The number of hydrogen-bond acceptors (Lipinski definition) is 3. The molecule has 1 heterocycles. The Hall–Kier alpha value is -4.44. The van der Waals surface area contributed by atoms with E-state index in [1.54, 1.807) is 0 Å². The second-order valence-corrected chi connectivity index (χ2v) is 9.67. The van der Waals surface area contributed by atoms with Gasteiger partial charge in [-0.15, -0.1) is 0 Å². The van der Waals surface area contributed by atoms with Gasteiger partial charge in [-0.1, -0.05) is 86.6 Å². The maximum atomic E-state index is 13.2. The average Bonchev–Trinajstić information content (AvgIpc) is 3.37. The summed E-state index contributed by atoms with van der Waals surface area (Å²) in [4.78, 5) is 18.1. The summed E-state index contributed by atoms with van der Waals surface area (Å²) in [5, 5.41) is 3.07. The number of aryl methyl sites for hydroxylation is 2. The first-order valence-corrected chi connectivity index (χ1v) is 13.3. The van der Waals surface area contributed by atoms with Crippen molar-refractivity contribution in [2.24, 2.45) is 4.99 Å². The van der Waals surface area contributed by atoms with Gasteiger partial charge in [-0.3, -0.25) is 9.79 Å². The van der Waals surface area contributed by atoms with Crippen LogP contribution in [-0.4, -0.2) is 18.2 Å². The third-order valence-corrected chi connectivity index (χ3v) is 7.09. The highest BCUT2D eigenvalue weighted by atomic mass is 16.1. The van der Waals surface area contributed by atoms with Crippen LogP contribution in [0.4, 0.5) is 11.4 Å². The standard InChI is InChI=1S/C34H33N3O/c1-3-23-5-9-27(10-6-23)33-29(22-36-34(33)28-11-7-24(4-2)8-12-28)21-32(38)37-31-19-15-26(16-20-31)25-13-17-30(35)18-14-25/h5-20H,3-4,21-22,35H2,1-2H3,(H,37,38). The van der Waals surface area contributed by atoms with Gasteiger partial charge < -0.3 is 11.1 Å². The minimum Gasteiger partial charge on any atom is -0.399 e. The molecule has 0 fully saturated rings. The van der Waals surface area contributed by atoms with Crippen LogP contribution in [0.2, 0.25) is 0 Å². The van der Waals surface area contributed by atoms with Crippen molar-refractivity contribution in [2.75, 3.05) is 17.6 Å². The first kappa shape index (κ1) is 25.2. The second-order valence-electron chi connectivity index (χ2n) is 9.67. The van der Waals surface area contributed by atoms with Crippen LogP contribution in [-0.2, 0) is 17.6 Å². The van der Waals surface area contributed by atoms with Gasteiger partial charge in [0, 0.05) is 22.5 Å². The highest BCUT2D eigenvalue weighted by molar-refractivity contribution is 6.34. The van der Waals surface area contributed by atoms with Crippen molar-refractivity contribution < 1.29 is 4.79 Å². The predicted molar refractivity (Wildman–Crippen MR) is 160 cm³/mol. The SMILES string of the molecule is CCc1ccc(C2=NCC(CC(=O)Nc3ccc(-c4ccc(N)cc4)cc3)=C2c2ccc(CC)cc2)cc1. The van der Waals surface area contributed by atoms with E-state index in [9.17, 15) is 4.79 Å². The molecule has 3 N–H and O–H groups in total. The van der Waals surface area contributed by atoms with Gasteiger partial charge in [0.1, 0.15) is 0 Å². The molecule has 0 saturated heterocycles. The molecule has 4 nitrogen and oxygen atoms in total. The molecule has 1 aliphatic rings. The van der Waals surface area contributed by atoms with Crippen molar-refractivity contribution >= 4 is 28.6 Å². The molecule has 5 rings (SSSR count). The fraction of sp³-hybridized carbons (Fsp3) is 0.176. The van der Waals surface area contributed by atoms with Crippen molar-refractivity contribution in [2.45, 2.75) is 33.1 Å². The predicted octanol–water partition coefficient (Wildman–Crippen LogP) is 7.35. The Kier molecular flexibility index (Phi) is 7.50. The van der Waals surface area contributed by atoms with E-state index in [1.807, 2.05) is 48.5 Å². The number of nitrogens with two attached hydrogens (primary N) is 1. The maximum absolute atomic E-state index is 13.2. The van der Waals surface area contributed by atoms with Crippen LogP contribution < -0.4 is 11.1 Å². The molecule has 0 aromatic heterocycles.